The Morgan fingerprint density at radius 1 is 1.47 bits per heavy atom. The summed E-state index contributed by atoms with van der Waals surface area (Å²) in [5.41, 5.74) is 2.48. The number of hydrogen-bond acceptors (Lipinski definition) is 3. The third-order valence-electron chi connectivity index (χ3n) is 2.64. The molecular formula is C12H19N3. The number of aromatic nitrogens is 1. The van der Waals surface area contributed by atoms with Crippen LogP contribution in [0.5, 0.6) is 0 Å². The third kappa shape index (κ3) is 2.69. The molecule has 2 N–H and O–H groups in total. The maximum absolute atomic E-state index is 4.61. The fourth-order valence-corrected chi connectivity index (χ4v) is 1.78. The lowest BCUT2D eigenvalue weighted by Crippen LogP contribution is -2.23. The number of nitrogens with one attached hydrogen (secondary N) is 2. The van der Waals surface area contributed by atoms with Gasteiger partial charge in [-0.05, 0) is 24.5 Å². The quantitative estimate of drug-likeness (QED) is 0.792. The molecule has 15 heavy (non-hydrogen) atoms. The molecule has 0 radical (unpaired) electrons. The minimum absolute atomic E-state index is 0.510. The van der Waals surface area contributed by atoms with Crippen LogP contribution >= 0.6 is 0 Å². The summed E-state index contributed by atoms with van der Waals surface area (Å²) >= 11 is 0. The van der Waals surface area contributed by atoms with Gasteiger partial charge in [0.2, 0.25) is 0 Å². The van der Waals surface area contributed by atoms with E-state index in [1.807, 2.05) is 0 Å². The van der Waals surface area contributed by atoms with Crippen LogP contribution in [0.2, 0.25) is 0 Å². The van der Waals surface area contributed by atoms with Crippen molar-refractivity contribution >= 4 is 5.82 Å². The molecule has 0 saturated carbocycles. The van der Waals surface area contributed by atoms with Gasteiger partial charge in [0.05, 0.1) is 5.69 Å². The van der Waals surface area contributed by atoms with Gasteiger partial charge in [-0.1, -0.05) is 19.9 Å². The highest BCUT2D eigenvalue weighted by Gasteiger charge is 2.09. The maximum atomic E-state index is 4.61. The largest absolute Gasteiger partial charge is 0.370 e. The van der Waals surface area contributed by atoms with E-state index in [2.05, 4.69) is 41.6 Å². The van der Waals surface area contributed by atoms with Gasteiger partial charge in [0, 0.05) is 19.1 Å². The standard InChI is InChI=1S/C12H19N3/c1-9(2)14-8-11-6-5-10-4-3-7-13-12(10)15-11/h5-6,9,14H,3-4,7-8H2,1-2H3,(H,13,15). The van der Waals surface area contributed by atoms with Gasteiger partial charge in [-0.25, -0.2) is 4.98 Å². The van der Waals surface area contributed by atoms with Crippen molar-refractivity contribution in [3.8, 4) is 0 Å². The lowest BCUT2D eigenvalue weighted by molar-refractivity contribution is 0.581. The predicted octanol–water partition coefficient (Wildman–Crippen LogP) is 1.94. The van der Waals surface area contributed by atoms with Crippen molar-refractivity contribution in [2.45, 2.75) is 39.3 Å². The van der Waals surface area contributed by atoms with Gasteiger partial charge < -0.3 is 10.6 Å². The van der Waals surface area contributed by atoms with Crippen LogP contribution in [-0.4, -0.2) is 17.6 Å². The Morgan fingerprint density at radius 3 is 3.13 bits per heavy atom. The van der Waals surface area contributed by atoms with Gasteiger partial charge in [-0.2, -0.15) is 0 Å². The molecule has 1 aliphatic rings. The molecule has 0 spiro atoms. The second-order valence-electron chi connectivity index (χ2n) is 4.38. The molecule has 3 heteroatoms. The summed E-state index contributed by atoms with van der Waals surface area (Å²) in [6.07, 6.45) is 2.38. The number of anilines is 1. The third-order valence-corrected chi connectivity index (χ3v) is 2.64. The Balaban J connectivity index is 2.07. The van der Waals surface area contributed by atoms with Crippen LogP contribution in [0.1, 0.15) is 31.5 Å². The molecule has 0 bridgehead atoms. The zero-order chi connectivity index (χ0) is 10.7. The average molecular weight is 205 g/mol. The van der Waals surface area contributed by atoms with E-state index in [9.17, 15) is 0 Å². The van der Waals surface area contributed by atoms with Crippen molar-refractivity contribution in [1.29, 1.82) is 0 Å². The number of rotatable bonds is 3. The molecule has 0 atom stereocenters. The Morgan fingerprint density at radius 2 is 2.33 bits per heavy atom. The molecule has 1 aliphatic heterocycles. The molecule has 2 rings (SSSR count). The van der Waals surface area contributed by atoms with E-state index in [1.54, 1.807) is 0 Å². The van der Waals surface area contributed by atoms with Crippen molar-refractivity contribution in [2.24, 2.45) is 0 Å². The normalized spacial score (nSPS) is 14.9. The Kier molecular flexibility index (Phi) is 3.21. The number of nitrogens with zero attached hydrogens (tertiary/aromatic N) is 1. The zero-order valence-corrected chi connectivity index (χ0v) is 9.51. The smallest absolute Gasteiger partial charge is 0.129 e. The van der Waals surface area contributed by atoms with E-state index in [0.717, 1.165) is 31.0 Å². The second-order valence-corrected chi connectivity index (χ2v) is 4.38. The summed E-state index contributed by atoms with van der Waals surface area (Å²) < 4.78 is 0. The molecule has 1 aromatic heterocycles. The first kappa shape index (κ1) is 10.4. The van der Waals surface area contributed by atoms with Gasteiger partial charge in [0.15, 0.2) is 0 Å². The second kappa shape index (κ2) is 4.62. The summed E-state index contributed by atoms with van der Waals surface area (Å²) in [7, 11) is 0. The molecule has 1 aromatic rings. The summed E-state index contributed by atoms with van der Waals surface area (Å²) in [5.74, 6) is 1.09. The molecule has 2 heterocycles. The first-order valence-corrected chi connectivity index (χ1v) is 5.72. The van der Waals surface area contributed by atoms with Crippen LogP contribution in [0.3, 0.4) is 0 Å². The lowest BCUT2D eigenvalue weighted by Gasteiger charge is -2.17. The van der Waals surface area contributed by atoms with Gasteiger partial charge in [0.1, 0.15) is 5.82 Å². The van der Waals surface area contributed by atoms with Crippen molar-refractivity contribution < 1.29 is 0 Å². The number of aryl methyl sites for hydroxylation is 1. The minimum Gasteiger partial charge on any atom is -0.370 e. The number of hydrogen-bond donors (Lipinski definition) is 2. The monoisotopic (exact) mass is 205 g/mol. The van der Waals surface area contributed by atoms with Crippen molar-refractivity contribution in [1.82, 2.24) is 10.3 Å². The van der Waals surface area contributed by atoms with E-state index in [1.165, 1.54) is 12.0 Å². The van der Waals surface area contributed by atoms with E-state index < -0.39 is 0 Å². The topological polar surface area (TPSA) is 37.0 Å². The van der Waals surface area contributed by atoms with Crippen molar-refractivity contribution in [2.75, 3.05) is 11.9 Å². The van der Waals surface area contributed by atoms with Gasteiger partial charge in [-0.3, -0.25) is 0 Å². The fourth-order valence-electron chi connectivity index (χ4n) is 1.78. The maximum Gasteiger partial charge on any atom is 0.129 e. The molecular weight excluding hydrogens is 186 g/mol. The van der Waals surface area contributed by atoms with Gasteiger partial charge in [0.25, 0.3) is 0 Å². The number of fused-ring (bicyclic) bond motifs is 1. The van der Waals surface area contributed by atoms with Crippen LogP contribution in [-0.2, 0) is 13.0 Å². The van der Waals surface area contributed by atoms with Crippen molar-refractivity contribution in [3.05, 3.63) is 23.4 Å². The predicted molar refractivity (Wildman–Crippen MR) is 63.0 cm³/mol. The number of pyridine rings is 1. The van der Waals surface area contributed by atoms with E-state index in [0.29, 0.717) is 6.04 Å². The minimum atomic E-state index is 0.510. The Hall–Kier alpha value is -1.09. The molecule has 82 valence electrons. The first-order valence-electron chi connectivity index (χ1n) is 5.72. The zero-order valence-electron chi connectivity index (χ0n) is 9.51. The molecule has 0 aliphatic carbocycles. The summed E-state index contributed by atoms with van der Waals surface area (Å²) in [5, 5.41) is 6.73. The van der Waals surface area contributed by atoms with Crippen LogP contribution in [0.25, 0.3) is 0 Å². The highest BCUT2D eigenvalue weighted by atomic mass is 15.0. The Labute approximate surface area is 91.3 Å². The first-order chi connectivity index (χ1) is 7.25. The molecule has 0 amide bonds. The highest BCUT2D eigenvalue weighted by molar-refractivity contribution is 5.46. The molecule has 0 aromatic carbocycles. The molecule has 0 saturated heterocycles. The highest BCUT2D eigenvalue weighted by Crippen LogP contribution is 2.19. The van der Waals surface area contributed by atoms with E-state index in [-0.39, 0.29) is 0 Å². The van der Waals surface area contributed by atoms with Crippen LogP contribution in [0, 0.1) is 0 Å². The van der Waals surface area contributed by atoms with Gasteiger partial charge in [-0.15, -0.1) is 0 Å². The lowest BCUT2D eigenvalue weighted by atomic mass is 10.1. The molecule has 0 unspecified atom stereocenters. The average Bonchev–Trinajstić information content (AvgIpc) is 2.26. The van der Waals surface area contributed by atoms with Crippen LogP contribution < -0.4 is 10.6 Å². The molecule has 0 fully saturated rings. The van der Waals surface area contributed by atoms with Crippen LogP contribution in [0.4, 0.5) is 5.82 Å². The summed E-state index contributed by atoms with van der Waals surface area (Å²) in [6.45, 7) is 6.21. The van der Waals surface area contributed by atoms with E-state index in [4.69, 9.17) is 0 Å². The molecule has 3 nitrogen and oxygen atoms in total. The SMILES string of the molecule is CC(C)NCc1ccc2c(n1)NCCC2. The fraction of sp³-hybridized carbons (Fsp3) is 0.583. The summed E-state index contributed by atoms with van der Waals surface area (Å²) in [4.78, 5) is 4.61. The van der Waals surface area contributed by atoms with Gasteiger partial charge >= 0.3 is 0 Å². The Bertz CT molecular complexity index is 334. The van der Waals surface area contributed by atoms with E-state index >= 15 is 0 Å². The summed E-state index contributed by atoms with van der Waals surface area (Å²) in [6, 6.07) is 4.84. The van der Waals surface area contributed by atoms with Crippen LogP contribution in [0.15, 0.2) is 12.1 Å². The van der Waals surface area contributed by atoms with Crippen molar-refractivity contribution in [3.63, 3.8) is 0 Å².